The van der Waals surface area contributed by atoms with Crippen LogP contribution in [0.2, 0.25) is 0 Å². The molecule has 1 heterocycles. The van der Waals surface area contributed by atoms with Gasteiger partial charge in [0.2, 0.25) is 17.7 Å². The molecule has 0 aromatic heterocycles. The second kappa shape index (κ2) is 7.23. The largest absolute Gasteiger partial charge is 0.344 e. The average molecular weight is 269 g/mol. The average Bonchev–Trinajstić information content (AvgIpc) is 2.32. The summed E-state index contributed by atoms with van der Waals surface area (Å²) in [7, 11) is 0. The molecule has 0 aliphatic carbocycles. The van der Waals surface area contributed by atoms with Gasteiger partial charge in [0.15, 0.2) is 0 Å². The lowest BCUT2D eigenvalue weighted by Gasteiger charge is -2.23. The van der Waals surface area contributed by atoms with Crippen molar-refractivity contribution in [2.24, 2.45) is 11.7 Å². The van der Waals surface area contributed by atoms with Crippen molar-refractivity contribution in [1.82, 2.24) is 10.6 Å². The molecule has 0 radical (unpaired) electrons. The first-order valence-corrected chi connectivity index (χ1v) is 6.79. The topological polar surface area (TPSA) is 101 Å². The van der Waals surface area contributed by atoms with E-state index in [0.29, 0.717) is 6.42 Å². The molecular formula is C13H23N3O3. The van der Waals surface area contributed by atoms with Crippen molar-refractivity contribution in [2.45, 2.75) is 58.0 Å². The van der Waals surface area contributed by atoms with Gasteiger partial charge in [-0.2, -0.15) is 0 Å². The van der Waals surface area contributed by atoms with Crippen molar-refractivity contribution in [3.63, 3.8) is 0 Å². The Morgan fingerprint density at radius 1 is 1.42 bits per heavy atom. The quantitative estimate of drug-likeness (QED) is 0.593. The summed E-state index contributed by atoms with van der Waals surface area (Å²) in [5.74, 6) is -0.976. The summed E-state index contributed by atoms with van der Waals surface area (Å²) < 4.78 is 0. The highest BCUT2D eigenvalue weighted by Crippen LogP contribution is 2.11. The van der Waals surface area contributed by atoms with E-state index >= 15 is 0 Å². The van der Waals surface area contributed by atoms with Gasteiger partial charge >= 0.3 is 0 Å². The van der Waals surface area contributed by atoms with Gasteiger partial charge in [-0.05, 0) is 26.2 Å². The van der Waals surface area contributed by atoms with Crippen LogP contribution in [-0.4, -0.2) is 29.8 Å². The van der Waals surface area contributed by atoms with Crippen molar-refractivity contribution in [3.05, 3.63) is 0 Å². The molecule has 6 heteroatoms. The summed E-state index contributed by atoms with van der Waals surface area (Å²) >= 11 is 0. The molecule has 1 fully saturated rings. The molecule has 1 rings (SSSR count). The Balaban J connectivity index is 2.33. The van der Waals surface area contributed by atoms with E-state index in [1.165, 1.54) is 0 Å². The molecule has 19 heavy (non-hydrogen) atoms. The normalized spacial score (nSPS) is 22.6. The number of carbonyl (C=O) groups is 3. The number of amides is 3. The van der Waals surface area contributed by atoms with Crippen LogP contribution in [0.5, 0.6) is 0 Å². The summed E-state index contributed by atoms with van der Waals surface area (Å²) in [6.45, 7) is 3.77. The Labute approximate surface area is 113 Å². The maximum Gasteiger partial charge on any atom is 0.249 e. The zero-order valence-electron chi connectivity index (χ0n) is 11.6. The van der Waals surface area contributed by atoms with Crippen LogP contribution < -0.4 is 16.4 Å². The van der Waals surface area contributed by atoms with E-state index in [9.17, 15) is 14.4 Å². The molecule has 6 nitrogen and oxygen atoms in total. The SMILES string of the molecule is CC(N)CCCC(C)C(=O)NC1CCC(=O)NC1=O. The summed E-state index contributed by atoms with van der Waals surface area (Å²) in [5, 5.41) is 4.92. The number of hydrogen-bond donors (Lipinski definition) is 3. The van der Waals surface area contributed by atoms with E-state index in [2.05, 4.69) is 10.6 Å². The monoisotopic (exact) mass is 269 g/mol. The Bertz CT molecular complexity index is 355. The summed E-state index contributed by atoms with van der Waals surface area (Å²) in [5.41, 5.74) is 5.65. The highest BCUT2D eigenvalue weighted by Gasteiger charge is 2.28. The van der Waals surface area contributed by atoms with Crippen LogP contribution in [0.1, 0.15) is 46.0 Å². The molecule has 1 aliphatic heterocycles. The van der Waals surface area contributed by atoms with Crippen LogP contribution in [0.4, 0.5) is 0 Å². The van der Waals surface area contributed by atoms with Gasteiger partial charge in [0.1, 0.15) is 6.04 Å². The van der Waals surface area contributed by atoms with Gasteiger partial charge in [-0.25, -0.2) is 0 Å². The molecule has 3 unspecified atom stereocenters. The van der Waals surface area contributed by atoms with Crippen molar-refractivity contribution in [2.75, 3.05) is 0 Å². The molecule has 0 aromatic rings. The molecule has 3 atom stereocenters. The van der Waals surface area contributed by atoms with Crippen LogP contribution in [0.3, 0.4) is 0 Å². The third-order valence-corrected chi connectivity index (χ3v) is 3.30. The van der Waals surface area contributed by atoms with Gasteiger partial charge in [-0.15, -0.1) is 0 Å². The van der Waals surface area contributed by atoms with E-state index in [0.717, 1.165) is 19.3 Å². The van der Waals surface area contributed by atoms with E-state index in [-0.39, 0.29) is 30.2 Å². The van der Waals surface area contributed by atoms with E-state index in [1.54, 1.807) is 0 Å². The fourth-order valence-electron chi connectivity index (χ4n) is 2.02. The second-order valence-corrected chi connectivity index (χ2v) is 5.32. The number of carbonyl (C=O) groups excluding carboxylic acids is 3. The number of hydrogen-bond acceptors (Lipinski definition) is 4. The molecule has 1 saturated heterocycles. The lowest BCUT2D eigenvalue weighted by molar-refractivity contribution is -0.138. The number of imide groups is 1. The van der Waals surface area contributed by atoms with Crippen LogP contribution in [0.15, 0.2) is 0 Å². The van der Waals surface area contributed by atoms with E-state index in [4.69, 9.17) is 5.73 Å². The summed E-state index contributed by atoms with van der Waals surface area (Å²) in [4.78, 5) is 34.4. The van der Waals surface area contributed by atoms with Crippen molar-refractivity contribution in [3.8, 4) is 0 Å². The lowest BCUT2D eigenvalue weighted by atomic mass is 9.99. The number of nitrogens with two attached hydrogens (primary N) is 1. The molecule has 108 valence electrons. The van der Waals surface area contributed by atoms with Crippen LogP contribution >= 0.6 is 0 Å². The zero-order chi connectivity index (χ0) is 14.4. The van der Waals surface area contributed by atoms with Crippen molar-refractivity contribution >= 4 is 17.7 Å². The Morgan fingerprint density at radius 3 is 2.68 bits per heavy atom. The molecule has 0 saturated carbocycles. The van der Waals surface area contributed by atoms with Gasteiger partial charge in [-0.3, -0.25) is 19.7 Å². The Hall–Kier alpha value is -1.43. The Morgan fingerprint density at radius 2 is 2.11 bits per heavy atom. The van der Waals surface area contributed by atoms with Crippen molar-refractivity contribution in [1.29, 1.82) is 0 Å². The molecular weight excluding hydrogens is 246 g/mol. The first-order chi connectivity index (χ1) is 8.90. The molecule has 0 aromatic carbocycles. The third kappa shape index (κ3) is 5.38. The number of piperidine rings is 1. The minimum Gasteiger partial charge on any atom is -0.344 e. The molecule has 0 spiro atoms. The fraction of sp³-hybridized carbons (Fsp3) is 0.769. The first kappa shape index (κ1) is 15.6. The Kier molecular flexibility index (Phi) is 5.95. The summed E-state index contributed by atoms with van der Waals surface area (Å²) in [6.07, 6.45) is 3.18. The van der Waals surface area contributed by atoms with Crippen LogP contribution in [-0.2, 0) is 14.4 Å². The zero-order valence-corrected chi connectivity index (χ0v) is 11.6. The number of rotatable bonds is 6. The smallest absolute Gasteiger partial charge is 0.249 e. The van der Waals surface area contributed by atoms with Crippen LogP contribution in [0.25, 0.3) is 0 Å². The first-order valence-electron chi connectivity index (χ1n) is 6.79. The minimum atomic E-state index is -0.582. The maximum atomic E-state index is 11.9. The van der Waals surface area contributed by atoms with E-state index < -0.39 is 11.9 Å². The van der Waals surface area contributed by atoms with Gasteiger partial charge < -0.3 is 11.1 Å². The highest BCUT2D eigenvalue weighted by molar-refractivity contribution is 6.01. The fourth-order valence-corrected chi connectivity index (χ4v) is 2.02. The van der Waals surface area contributed by atoms with Gasteiger partial charge in [0, 0.05) is 18.4 Å². The standard InChI is InChI=1S/C13H23N3O3/c1-8(4-3-5-9(2)14)12(18)15-10-6-7-11(17)16-13(10)19/h8-10H,3-7,14H2,1-2H3,(H,15,18)(H,16,17,19). The van der Waals surface area contributed by atoms with Crippen LogP contribution in [0, 0.1) is 5.92 Å². The number of nitrogens with one attached hydrogen (secondary N) is 2. The second-order valence-electron chi connectivity index (χ2n) is 5.32. The van der Waals surface area contributed by atoms with Gasteiger partial charge in [0.25, 0.3) is 0 Å². The highest BCUT2D eigenvalue weighted by atomic mass is 16.2. The molecule has 4 N–H and O–H groups in total. The van der Waals surface area contributed by atoms with Gasteiger partial charge in [-0.1, -0.05) is 13.3 Å². The third-order valence-electron chi connectivity index (χ3n) is 3.30. The lowest BCUT2D eigenvalue weighted by Crippen LogP contribution is -2.53. The molecule has 0 bridgehead atoms. The summed E-state index contributed by atoms with van der Waals surface area (Å²) in [6, 6.07) is -0.438. The van der Waals surface area contributed by atoms with Gasteiger partial charge in [0.05, 0.1) is 0 Å². The molecule has 3 amide bonds. The predicted molar refractivity (Wildman–Crippen MR) is 71.0 cm³/mol. The predicted octanol–water partition coefficient (Wildman–Crippen LogP) is 0.0614. The maximum absolute atomic E-state index is 11.9. The minimum absolute atomic E-state index is 0.140. The molecule has 1 aliphatic rings. The van der Waals surface area contributed by atoms with Crippen molar-refractivity contribution < 1.29 is 14.4 Å². The van der Waals surface area contributed by atoms with E-state index in [1.807, 2.05) is 13.8 Å².